The SMILES string of the molecule is CCc1cc2ncc(CN3CCN(c4ccc(C(=O)O)nc4F)CC3)cc2[nH]c1=O. The zero-order valence-corrected chi connectivity index (χ0v) is 16.6. The van der Waals surface area contributed by atoms with E-state index in [9.17, 15) is 14.0 Å². The van der Waals surface area contributed by atoms with Crippen LogP contribution in [0, 0.1) is 5.95 Å². The average Bonchev–Trinajstić information content (AvgIpc) is 2.74. The molecule has 0 amide bonds. The van der Waals surface area contributed by atoms with Crippen molar-refractivity contribution in [2.45, 2.75) is 19.9 Å². The summed E-state index contributed by atoms with van der Waals surface area (Å²) >= 11 is 0. The Bertz CT molecular complexity index is 1160. The summed E-state index contributed by atoms with van der Waals surface area (Å²) in [5.41, 5.74) is 3.14. The highest BCUT2D eigenvalue weighted by molar-refractivity contribution is 5.85. The number of nitrogens with zero attached hydrogens (tertiary/aromatic N) is 4. The first-order valence-electron chi connectivity index (χ1n) is 9.82. The number of hydrogen-bond acceptors (Lipinski definition) is 6. The molecule has 0 atom stereocenters. The van der Waals surface area contributed by atoms with E-state index in [1.54, 1.807) is 0 Å². The minimum absolute atomic E-state index is 0.0814. The number of carboxylic acid groups (broad SMARTS) is 1. The molecule has 156 valence electrons. The number of carboxylic acids is 1. The average molecular weight is 411 g/mol. The van der Waals surface area contributed by atoms with Crippen molar-refractivity contribution < 1.29 is 14.3 Å². The Balaban J connectivity index is 1.42. The number of aromatic nitrogens is 3. The smallest absolute Gasteiger partial charge is 0.354 e. The maximum Gasteiger partial charge on any atom is 0.354 e. The first kappa shape index (κ1) is 20.0. The second-order valence-corrected chi connectivity index (χ2v) is 7.33. The number of piperazine rings is 1. The largest absolute Gasteiger partial charge is 0.477 e. The van der Waals surface area contributed by atoms with Gasteiger partial charge in [0.25, 0.3) is 5.56 Å². The number of hydrogen-bond donors (Lipinski definition) is 2. The Morgan fingerprint density at radius 2 is 2.00 bits per heavy atom. The van der Waals surface area contributed by atoms with Crippen LogP contribution < -0.4 is 10.5 Å². The van der Waals surface area contributed by atoms with Gasteiger partial charge in [0.15, 0.2) is 5.69 Å². The quantitative estimate of drug-likeness (QED) is 0.620. The zero-order valence-electron chi connectivity index (χ0n) is 16.6. The third-order valence-corrected chi connectivity index (χ3v) is 5.37. The minimum Gasteiger partial charge on any atom is -0.477 e. The predicted octanol–water partition coefficient (Wildman–Crippen LogP) is 2.04. The van der Waals surface area contributed by atoms with Crippen molar-refractivity contribution in [3.05, 3.63) is 63.6 Å². The van der Waals surface area contributed by atoms with Gasteiger partial charge in [-0.3, -0.25) is 14.7 Å². The van der Waals surface area contributed by atoms with Gasteiger partial charge in [-0.2, -0.15) is 4.39 Å². The number of carbonyl (C=O) groups is 1. The number of pyridine rings is 3. The second-order valence-electron chi connectivity index (χ2n) is 7.33. The van der Waals surface area contributed by atoms with Crippen LogP contribution >= 0.6 is 0 Å². The Morgan fingerprint density at radius 1 is 1.23 bits per heavy atom. The number of H-pyrrole nitrogens is 1. The molecule has 0 aromatic carbocycles. The highest BCUT2D eigenvalue weighted by Gasteiger charge is 2.21. The monoisotopic (exact) mass is 411 g/mol. The number of anilines is 1. The molecule has 8 nitrogen and oxygen atoms in total. The maximum absolute atomic E-state index is 14.2. The number of halogens is 1. The summed E-state index contributed by atoms with van der Waals surface area (Å²) in [6.07, 6.45) is 2.48. The maximum atomic E-state index is 14.2. The van der Waals surface area contributed by atoms with Crippen molar-refractivity contribution in [3.8, 4) is 0 Å². The van der Waals surface area contributed by atoms with Crippen molar-refractivity contribution in [2.24, 2.45) is 0 Å². The molecule has 4 rings (SSSR count). The highest BCUT2D eigenvalue weighted by Crippen LogP contribution is 2.21. The first-order chi connectivity index (χ1) is 14.4. The van der Waals surface area contributed by atoms with Crippen LogP contribution in [-0.4, -0.2) is 57.1 Å². The van der Waals surface area contributed by atoms with Crippen molar-refractivity contribution >= 4 is 22.7 Å². The van der Waals surface area contributed by atoms with Gasteiger partial charge in [-0.05, 0) is 36.2 Å². The molecular weight excluding hydrogens is 389 g/mol. The molecule has 30 heavy (non-hydrogen) atoms. The summed E-state index contributed by atoms with van der Waals surface area (Å²) in [6.45, 7) is 5.23. The van der Waals surface area contributed by atoms with Crippen LogP contribution in [0.1, 0.15) is 28.5 Å². The molecular formula is C21H22FN5O3. The fourth-order valence-electron chi connectivity index (χ4n) is 3.70. The lowest BCUT2D eigenvalue weighted by atomic mass is 10.1. The first-order valence-corrected chi connectivity index (χ1v) is 9.82. The summed E-state index contributed by atoms with van der Waals surface area (Å²) < 4.78 is 14.2. The van der Waals surface area contributed by atoms with Gasteiger partial charge < -0.3 is 15.0 Å². The van der Waals surface area contributed by atoms with Crippen molar-refractivity contribution in [2.75, 3.05) is 31.1 Å². The third kappa shape index (κ3) is 4.02. The number of rotatable bonds is 5. The van der Waals surface area contributed by atoms with E-state index in [-0.39, 0.29) is 11.3 Å². The lowest BCUT2D eigenvalue weighted by Crippen LogP contribution is -2.46. The molecule has 0 radical (unpaired) electrons. The van der Waals surface area contributed by atoms with Gasteiger partial charge in [-0.25, -0.2) is 9.78 Å². The van der Waals surface area contributed by atoms with E-state index in [1.807, 2.05) is 30.2 Å². The van der Waals surface area contributed by atoms with Crippen LogP contribution in [-0.2, 0) is 13.0 Å². The van der Waals surface area contributed by atoms with Crippen molar-refractivity contribution in [3.63, 3.8) is 0 Å². The molecule has 9 heteroatoms. The molecule has 1 saturated heterocycles. The second kappa shape index (κ2) is 8.19. The van der Waals surface area contributed by atoms with Crippen LogP contribution in [0.5, 0.6) is 0 Å². The zero-order chi connectivity index (χ0) is 21.3. The Morgan fingerprint density at radius 3 is 2.67 bits per heavy atom. The summed E-state index contributed by atoms with van der Waals surface area (Å²) in [5, 5.41) is 8.92. The lowest BCUT2D eigenvalue weighted by Gasteiger charge is -2.36. The molecule has 0 spiro atoms. The minimum atomic E-state index is -1.25. The van der Waals surface area contributed by atoms with Gasteiger partial charge in [0.2, 0.25) is 5.95 Å². The Labute approximate surface area is 172 Å². The van der Waals surface area contributed by atoms with Gasteiger partial charge in [-0.15, -0.1) is 0 Å². The predicted molar refractivity (Wildman–Crippen MR) is 110 cm³/mol. The molecule has 3 aromatic rings. The van der Waals surface area contributed by atoms with Gasteiger partial charge >= 0.3 is 5.97 Å². The number of aromatic amines is 1. The summed E-state index contributed by atoms with van der Waals surface area (Å²) in [6, 6.07) is 6.56. The van der Waals surface area contributed by atoms with Crippen molar-refractivity contribution in [1.29, 1.82) is 0 Å². The van der Waals surface area contributed by atoms with Crippen LogP contribution in [0.4, 0.5) is 10.1 Å². The molecule has 1 aliphatic heterocycles. The molecule has 0 bridgehead atoms. The number of aryl methyl sites for hydroxylation is 1. The van der Waals surface area contributed by atoms with Gasteiger partial charge in [0.1, 0.15) is 0 Å². The number of nitrogens with one attached hydrogen (secondary N) is 1. The summed E-state index contributed by atoms with van der Waals surface area (Å²) in [5.74, 6) is -2.01. The van der Waals surface area contributed by atoms with E-state index in [4.69, 9.17) is 5.11 Å². The van der Waals surface area contributed by atoms with Crippen LogP contribution in [0.15, 0.2) is 35.3 Å². The van der Waals surface area contributed by atoms with Crippen LogP contribution in [0.25, 0.3) is 11.0 Å². The van der Waals surface area contributed by atoms with E-state index in [0.29, 0.717) is 44.8 Å². The molecule has 0 saturated carbocycles. The van der Waals surface area contributed by atoms with Gasteiger partial charge in [0.05, 0.1) is 16.7 Å². The number of aromatic carboxylic acids is 1. The third-order valence-electron chi connectivity index (χ3n) is 5.37. The summed E-state index contributed by atoms with van der Waals surface area (Å²) in [4.78, 5) is 38.0. The molecule has 1 aliphatic rings. The Kier molecular flexibility index (Phi) is 5.45. The van der Waals surface area contributed by atoms with Crippen LogP contribution in [0.2, 0.25) is 0 Å². The fourth-order valence-corrected chi connectivity index (χ4v) is 3.70. The van der Waals surface area contributed by atoms with Crippen LogP contribution in [0.3, 0.4) is 0 Å². The van der Waals surface area contributed by atoms with Crippen molar-refractivity contribution in [1.82, 2.24) is 19.9 Å². The van der Waals surface area contributed by atoms with Gasteiger partial charge in [-0.1, -0.05) is 6.92 Å². The molecule has 0 unspecified atom stereocenters. The molecule has 4 heterocycles. The molecule has 2 N–H and O–H groups in total. The number of fused-ring (bicyclic) bond motifs is 1. The van der Waals surface area contributed by atoms with E-state index in [2.05, 4.69) is 19.9 Å². The summed E-state index contributed by atoms with van der Waals surface area (Å²) in [7, 11) is 0. The Hall–Kier alpha value is -3.33. The van der Waals surface area contributed by atoms with E-state index in [1.165, 1.54) is 12.1 Å². The lowest BCUT2D eigenvalue weighted by molar-refractivity contribution is 0.0689. The molecule has 1 fully saturated rings. The van der Waals surface area contributed by atoms with E-state index in [0.717, 1.165) is 22.2 Å². The van der Waals surface area contributed by atoms with E-state index >= 15 is 0 Å². The molecule has 0 aliphatic carbocycles. The standard InChI is InChI=1S/C21H22FN5O3/c1-2-14-10-16-17(25-20(14)28)9-13(11-23-16)12-26-5-7-27(8-6-26)18-4-3-15(21(29)30)24-19(18)22/h3-4,9-11H,2,5-8,12H2,1H3,(H,25,28)(H,29,30). The van der Waals surface area contributed by atoms with E-state index < -0.39 is 11.9 Å². The molecule has 3 aromatic heterocycles. The van der Waals surface area contributed by atoms with Gasteiger partial charge in [0, 0.05) is 44.5 Å². The fraction of sp³-hybridized carbons (Fsp3) is 0.333. The normalized spacial score (nSPS) is 14.9. The topological polar surface area (TPSA) is 102 Å². The highest BCUT2D eigenvalue weighted by atomic mass is 19.1.